The highest BCUT2D eigenvalue weighted by atomic mass is 79.9. The Bertz CT molecular complexity index is 1080. The fourth-order valence-corrected chi connectivity index (χ4v) is 3.89. The van der Waals surface area contributed by atoms with E-state index < -0.39 is 22.5 Å². The number of halogens is 2. The average molecular weight is 521 g/mol. The highest BCUT2D eigenvalue weighted by Crippen LogP contribution is 2.35. The summed E-state index contributed by atoms with van der Waals surface area (Å²) in [6.45, 7) is -0.546. The monoisotopic (exact) mass is 519 g/mol. The van der Waals surface area contributed by atoms with Gasteiger partial charge >= 0.3 is 0 Å². The number of aromatic hydroxyl groups is 1. The predicted octanol–water partition coefficient (Wildman–Crippen LogP) is 2.74. The molecule has 2 rings (SSSR count). The molecule has 0 saturated carbocycles. The first-order chi connectivity index (χ1) is 14.1. The molecule has 9 nitrogen and oxygen atoms in total. The third-order valence-electron chi connectivity index (χ3n) is 3.77. The third kappa shape index (κ3) is 6.00. The van der Waals surface area contributed by atoms with Gasteiger partial charge in [0.1, 0.15) is 12.3 Å². The molecule has 2 aromatic rings. The highest BCUT2D eigenvalue weighted by molar-refractivity contribution is 9.10. The van der Waals surface area contributed by atoms with Crippen LogP contribution >= 0.6 is 27.5 Å². The minimum absolute atomic E-state index is 0.0713. The van der Waals surface area contributed by atoms with Gasteiger partial charge in [0, 0.05) is 5.02 Å². The van der Waals surface area contributed by atoms with Crippen LogP contribution in [0, 0.1) is 0 Å². The first kappa shape index (κ1) is 23.8. The fraction of sp³-hybridized carbons (Fsp3) is 0.222. The number of carbonyl (C=O) groups is 1. The van der Waals surface area contributed by atoms with E-state index in [1.165, 1.54) is 38.6 Å². The zero-order chi connectivity index (χ0) is 22.5. The van der Waals surface area contributed by atoms with Crippen LogP contribution in [0.15, 0.2) is 39.9 Å². The largest absolute Gasteiger partial charge is 0.503 e. The van der Waals surface area contributed by atoms with E-state index in [-0.39, 0.29) is 28.0 Å². The Labute approximate surface area is 187 Å². The number of anilines is 1. The van der Waals surface area contributed by atoms with Gasteiger partial charge in [-0.3, -0.25) is 9.10 Å². The van der Waals surface area contributed by atoms with Gasteiger partial charge in [0.15, 0.2) is 11.5 Å². The number of hydrogen-bond acceptors (Lipinski definition) is 7. The van der Waals surface area contributed by atoms with Crippen molar-refractivity contribution in [2.45, 2.75) is 0 Å². The average Bonchev–Trinajstić information content (AvgIpc) is 2.67. The zero-order valence-electron chi connectivity index (χ0n) is 16.2. The van der Waals surface area contributed by atoms with Crippen molar-refractivity contribution in [3.63, 3.8) is 0 Å². The number of carbonyl (C=O) groups excluding carboxylic acids is 1. The fourth-order valence-electron chi connectivity index (χ4n) is 2.41. The third-order valence-corrected chi connectivity index (χ3v) is 5.74. The van der Waals surface area contributed by atoms with E-state index in [2.05, 4.69) is 26.5 Å². The molecule has 0 unspecified atom stereocenters. The van der Waals surface area contributed by atoms with Crippen molar-refractivity contribution >= 4 is 55.4 Å². The summed E-state index contributed by atoms with van der Waals surface area (Å²) < 4.78 is 36.0. The number of ether oxygens (including phenoxy) is 2. The Hall–Kier alpha value is -2.50. The summed E-state index contributed by atoms with van der Waals surface area (Å²) in [6.07, 6.45) is 2.28. The Balaban J connectivity index is 2.20. The molecule has 0 aliphatic carbocycles. The number of benzene rings is 2. The second-order valence-corrected chi connectivity index (χ2v) is 9.13. The molecule has 0 heterocycles. The number of nitrogens with one attached hydrogen (secondary N) is 1. The van der Waals surface area contributed by atoms with E-state index in [0.29, 0.717) is 10.0 Å². The molecule has 162 valence electrons. The Kier molecular flexibility index (Phi) is 7.93. The maximum absolute atomic E-state index is 12.3. The zero-order valence-corrected chi connectivity index (χ0v) is 19.4. The number of hydrogen-bond donors (Lipinski definition) is 2. The summed E-state index contributed by atoms with van der Waals surface area (Å²) in [5, 5.41) is 13.9. The lowest BCUT2D eigenvalue weighted by Crippen LogP contribution is -2.39. The molecule has 0 atom stereocenters. The highest BCUT2D eigenvalue weighted by Gasteiger charge is 2.24. The molecule has 0 spiro atoms. The van der Waals surface area contributed by atoms with Gasteiger partial charge in [-0.2, -0.15) is 5.10 Å². The van der Waals surface area contributed by atoms with E-state index in [1.807, 2.05) is 0 Å². The van der Waals surface area contributed by atoms with Gasteiger partial charge in [-0.05, 0) is 51.8 Å². The molecule has 0 fully saturated rings. The van der Waals surface area contributed by atoms with Crippen LogP contribution in [0.25, 0.3) is 0 Å². The van der Waals surface area contributed by atoms with Crippen LogP contribution < -0.4 is 19.2 Å². The molecule has 0 aliphatic heterocycles. The van der Waals surface area contributed by atoms with Crippen LogP contribution in [0.2, 0.25) is 5.02 Å². The summed E-state index contributed by atoms with van der Waals surface area (Å²) in [7, 11) is -1.05. The molecular weight excluding hydrogens is 502 g/mol. The quantitative estimate of drug-likeness (QED) is 0.408. The number of phenolic OH excluding ortho intramolecular Hbond substituents is 1. The number of amides is 1. The lowest BCUT2D eigenvalue weighted by molar-refractivity contribution is -0.119. The Morgan fingerprint density at radius 3 is 2.53 bits per heavy atom. The SMILES string of the molecule is COc1ccc(Cl)cc1N(CC(=O)N/N=C\c1cc(Br)c(O)c(OC)c1)S(C)(=O)=O. The van der Waals surface area contributed by atoms with Crippen LogP contribution in [0.4, 0.5) is 5.69 Å². The smallest absolute Gasteiger partial charge is 0.260 e. The minimum atomic E-state index is -3.83. The number of nitrogens with zero attached hydrogens (tertiary/aromatic N) is 2. The van der Waals surface area contributed by atoms with Gasteiger partial charge in [0.25, 0.3) is 5.91 Å². The molecule has 0 bridgehead atoms. The molecule has 1 amide bonds. The predicted molar refractivity (Wildman–Crippen MR) is 118 cm³/mol. The van der Waals surface area contributed by atoms with E-state index in [1.54, 1.807) is 12.1 Å². The van der Waals surface area contributed by atoms with E-state index in [9.17, 15) is 18.3 Å². The maximum Gasteiger partial charge on any atom is 0.260 e. The first-order valence-corrected chi connectivity index (χ1v) is 11.3. The van der Waals surface area contributed by atoms with Gasteiger partial charge in [-0.15, -0.1) is 0 Å². The van der Waals surface area contributed by atoms with Crippen molar-refractivity contribution in [2.24, 2.45) is 5.10 Å². The summed E-state index contributed by atoms with van der Waals surface area (Å²) in [5.41, 5.74) is 2.90. The lowest BCUT2D eigenvalue weighted by atomic mass is 10.2. The van der Waals surface area contributed by atoms with Crippen LogP contribution in [-0.2, 0) is 14.8 Å². The molecule has 30 heavy (non-hydrogen) atoms. The summed E-state index contributed by atoms with van der Waals surface area (Å²) in [5.74, 6) is -0.308. The number of sulfonamides is 1. The lowest BCUT2D eigenvalue weighted by Gasteiger charge is -2.23. The molecule has 0 saturated heterocycles. The molecular formula is C18H19BrClN3O6S. The van der Waals surface area contributed by atoms with Crippen molar-refractivity contribution in [1.82, 2.24) is 5.43 Å². The molecule has 2 aromatic carbocycles. The molecule has 0 radical (unpaired) electrons. The van der Waals surface area contributed by atoms with Gasteiger partial charge < -0.3 is 14.6 Å². The molecule has 2 N–H and O–H groups in total. The van der Waals surface area contributed by atoms with Crippen molar-refractivity contribution in [3.05, 3.63) is 45.4 Å². The molecule has 0 aromatic heterocycles. The topological polar surface area (TPSA) is 118 Å². The normalized spacial score (nSPS) is 11.4. The second-order valence-electron chi connectivity index (χ2n) is 5.93. The number of phenols is 1. The van der Waals surface area contributed by atoms with Crippen molar-refractivity contribution in [3.8, 4) is 17.2 Å². The van der Waals surface area contributed by atoms with Gasteiger partial charge in [0.05, 0.1) is 36.9 Å². The standard InChI is InChI=1S/C18H19BrClN3O6S/c1-28-15-5-4-12(20)8-14(15)23(30(3,26)27)10-17(24)22-21-9-11-6-13(19)18(25)16(7-11)29-2/h4-9,25H,10H2,1-3H3,(H,22,24)/b21-9-. The summed E-state index contributed by atoms with van der Waals surface area (Å²) in [4.78, 5) is 12.3. The van der Waals surface area contributed by atoms with E-state index in [0.717, 1.165) is 10.6 Å². The molecule has 12 heteroatoms. The van der Waals surface area contributed by atoms with Crippen LogP contribution in [-0.4, -0.2) is 52.7 Å². The van der Waals surface area contributed by atoms with E-state index in [4.69, 9.17) is 21.1 Å². The van der Waals surface area contributed by atoms with Gasteiger partial charge in [0.2, 0.25) is 10.0 Å². The number of methoxy groups -OCH3 is 2. The minimum Gasteiger partial charge on any atom is -0.503 e. The van der Waals surface area contributed by atoms with Crippen molar-refractivity contribution in [1.29, 1.82) is 0 Å². The Morgan fingerprint density at radius 1 is 1.27 bits per heavy atom. The summed E-state index contributed by atoms with van der Waals surface area (Å²) >= 11 is 9.15. The van der Waals surface area contributed by atoms with Gasteiger partial charge in [-0.25, -0.2) is 13.8 Å². The van der Waals surface area contributed by atoms with Crippen LogP contribution in [0.1, 0.15) is 5.56 Å². The Morgan fingerprint density at radius 2 is 1.93 bits per heavy atom. The number of hydrazone groups is 1. The van der Waals surface area contributed by atoms with Crippen LogP contribution in [0.5, 0.6) is 17.2 Å². The number of rotatable bonds is 8. The molecule has 0 aliphatic rings. The second kappa shape index (κ2) is 10.0. The van der Waals surface area contributed by atoms with Crippen molar-refractivity contribution < 1.29 is 27.8 Å². The van der Waals surface area contributed by atoms with E-state index >= 15 is 0 Å². The van der Waals surface area contributed by atoms with Gasteiger partial charge in [-0.1, -0.05) is 11.6 Å². The van der Waals surface area contributed by atoms with Crippen molar-refractivity contribution in [2.75, 3.05) is 31.3 Å². The van der Waals surface area contributed by atoms with Crippen LogP contribution in [0.3, 0.4) is 0 Å². The summed E-state index contributed by atoms with van der Waals surface area (Å²) in [6, 6.07) is 7.50. The maximum atomic E-state index is 12.3. The first-order valence-electron chi connectivity index (χ1n) is 8.26.